The zero-order valence-corrected chi connectivity index (χ0v) is 15.6. The molecule has 6 nitrogen and oxygen atoms in total. The molecular formula is C22H22N2O4. The van der Waals surface area contributed by atoms with E-state index in [0.29, 0.717) is 48.3 Å². The minimum Gasteiger partial charge on any atom is -0.504 e. The topological polar surface area (TPSA) is 82.6 Å². The number of hydrogen-bond donors (Lipinski definition) is 2. The Morgan fingerprint density at radius 1 is 1.14 bits per heavy atom. The molecule has 28 heavy (non-hydrogen) atoms. The Kier molecular flexibility index (Phi) is 4.77. The van der Waals surface area contributed by atoms with Crippen LogP contribution in [0.1, 0.15) is 28.9 Å². The Bertz CT molecular complexity index is 1080. The Balaban J connectivity index is 1.43. The molecule has 2 N–H and O–H groups in total. The van der Waals surface area contributed by atoms with Crippen molar-refractivity contribution in [1.29, 1.82) is 0 Å². The molecule has 3 aromatic rings. The van der Waals surface area contributed by atoms with E-state index in [-0.39, 0.29) is 23.2 Å². The highest BCUT2D eigenvalue weighted by molar-refractivity contribution is 5.94. The maximum Gasteiger partial charge on any atom is 0.270 e. The average molecular weight is 378 g/mol. The van der Waals surface area contributed by atoms with Crippen LogP contribution in [0, 0.1) is 6.92 Å². The quantitative estimate of drug-likeness (QED) is 0.733. The average Bonchev–Trinajstić information content (AvgIpc) is 2.70. The summed E-state index contributed by atoms with van der Waals surface area (Å²) in [5.74, 6) is 0.418. The van der Waals surface area contributed by atoms with Crippen molar-refractivity contribution in [2.45, 2.75) is 25.9 Å². The van der Waals surface area contributed by atoms with Crippen LogP contribution in [0.3, 0.4) is 0 Å². The summed E-state index contributed by atoms with van der Waals surface area (Å²) in [5, 5.41) is 10.6. The number of aryl methyl sites for hydroxylation is 1. The number of aromatic amines is 1. The van der Waals surface area contributed by atoms with E-state index >= 15 is 0 Å². The molecule has 0 atom stereocenters. The van der Waals surface area contributed by atoms with Gasteiger partial charge in [-0.25, -0.2) is 0 Å². The first-order chi connectivity index (χ1) is 13.5. The van der Waals surface area contributed by atoms with Gasteiger partial charge < -0.3 is 19.7 Å². The van der Waals surface area contributed by atoms with Gasteiger partial charge in [-0.2, -0.15) is 0 Å². The first-order valence-electron chi connectivity index (χ1n) is 9.39. The summed E-state index contributed by atoms with van der Waals surface area (Å²) in [7, 11) is 0. The van der Waals surface area contributed by atoms with Crippen molar-refractivity contribution < 1.29 is 14.6 Å². The summed E-state index contributed by atoms with van der Waals surface area (Å²) in [6.45, 7) is 2.97. The van der Waals surface area contributed by atoms with Crippen molar-refractivity contribution >= 4 is 16.8 Å². The lowest BCUT2D eigenvalue weighted by Gasteiger charge is -2.32. The number of aromatic nitrogens is 1. The van der Waals surface area contributed by atoms with Gasteiger partial charge in [-0.1, -0.05) is 18.2 Å². The van der Waals surface area contributed by atoms with E-state index in [1.807, 2.05) is 19.1 Å². The summed E-state index contributed by atoms with van der Waals surface area (Å²) in [6.07, 6.45) is 1.27. The lowest BCUT2D eigenvalue weighted by Crippen LogP contribution is -2.42. The third-order valence-corrected chi connectivity index (χ3v) is 5.10. The van der Waals surface area contributed by atoms with Gasteiger partial charge in [-0.15, -0.1) is 0 Å². The molecule has 0 radical (unpaired) electrons. The van der Waals surface area contributed by atoms with E-state index in [1.54, 1.807) is 35.2 Å². The molecule has 0 unspecified atom stereocenters. The number of pyridine rings is 1. The third kappa shape index (κ3) is 3.58. The monoisotopic (exact) mass is 378 g/mol. The first-order valence-corrected chi connectivity index (χ1v) is 9.39. The van der Waals surface area contributed by atoms with Crippen LogP contribution in [0.15, 0.2) is 53.3 Å². The molecule has 1 fully saturated rings. The Labute approximate surface area is 162 Å². The number of phenolic OH excluding ortho intramolecular Hbond substituents is 1. The fraction of sp³-hybridized carbons (Fsp3) is 0.273. The number of likely N-dealkylation sites (tertiary alicyclic amines) is 1. The van der Waals surface area contributed by atoms with Crippen molar-refractivity contribution in [2.75, 3.05) is 13.1 Å². The lowest BCUT2D eigenvalue weighted by molar-refractivity contribution is 0.0585. The predicted molar refractivity (Wildman–Crippen MR) is 107 cm³/mol. The summed E-state index contributed by atoms with van der Waals surface area (Å²) in [6, 6.07) is 13.9. The van der Waals surface area contributed by atoms with Crippen molar-refractivity contribution in [1.82, 2.24) is 9.88 Å². The summed E-state index contributed by atoms with van der Waals surface area (Å²) in [5.41, 5.74) is 1.77. The SMILES string of the molecule is Cc1ccc(OC2CCN(C(=O)c3cc(=O)c4ccccc4[nH]3)CC2)c(O)c1. The molecule has 0 bridgehead atoms. The minimum absolute atomic E-state index is 0.0618. The van der Waals surface area contributed by atoms with Gasteiger partial charge in [-0.3, -0.25) is 9.59 Å². The van der Waals surface area contributed by atoms with E-state index in [2.05, 4.69) is 4.98 Å². The number of para-hydroxylation sites is 1. The minimum atomic E-state index is -0.181. The molecule has 1 aromatic heterocycles. The zero-order chi connectivity index (χ0) is 19.7. The molecule has 2 heterocycles. The van der Waals surface area contributed by atoms with E-state index in [4.69, 9.17) is 4.74 Å². The lowest BCUT2D eigenvalue weighted by atomic mass is 10.1. The van der Waals surface area contributed by atoms with Crippen molar-refractivity contribution in [2.24, 2.45) is 0 Å². The van der Waals surface area contributed by atoms with Crippen LogP contribution in [0.2, 0.25) is 0 Å². The van der Waals surface area contributed by atoms with Gasteiger partial charge in [-0.05, 0) is 36.8 Å². The number of piperidine rings is 1. The number of H-pyrrole nitrogens is 1. The van der Waals surface area contributed by atoms with Gasteiger partial charge in [0.1, 0.15) is 11.8 Å². The zero-order valence-electron chi connectivity index (χ0n) is 15.6. The van der Waals surface area contributed by atoms with E-state index in [1.165, 1.54) is 6.07 Å². The second-order valence-corrected chi connectivity index (χ2v) is 7.17. The van der Waals surface area contributed by atoms with Crippen LogP contribution in [0.4, 0.5) is 0 Å². The Morgan fingerprint density at radius 2 is 1.89 bits per heavy atom. The van der Waals surface area contributed by atoms with Gasteiger partial charge in [0.05, 0.1) is 0 Å². The number of phenols is 1. The fourth-order valence-electron chi connectivity index (χ4n) is 3.57. The molecule has 144 valence electrons. The highest BCUT2D eigenvalue weighted by Gasteiger charge is 2.26. The number of nitrogens with zero attached hydrogens (tertiary/aromatic N) is 1. The molecule has 6 heteroatoms. The molecule has 0 spiro atoms. The van der Waals surface area contributed by atoms with Gasteiger partial charge >= 0.3 is 0 Å². The van der Waals surface area contributed by atoms with Crippen LogP contribution < -0.4 is 10.2 Å². The standard InChI is InChI=1S/C22H22N2O4/c1-14-6-7-21(20(26)12-14)28-15-8-10-24(11-9-15)22(27)18-13-19(25)16-4-2-3-5-17(16)23-18/h2-7,12-13,15,26H,8-11H2,1H3,(H,23,25). The van der Waals surface area contributed by atoms with Gasteiger partial charge in [0, 0.05) is 42.9 Å². The first kappa shape index (κ1) is 18.1. The summed E-state index contributed by atoms with van der Waals surface area (Å²) < 4.78 is 5.91. The summed E-state index contributed by atoms with van der Waals surface area (Å²) >= 11 is 0. The Morgan fingerprint density at radius 3 is 2.64 bits per heavy atom. The molecular weight excluding hydrogens is 356 g/mol. The molecule has 2 aromatic carbocycles. The van der Waals surface area contributed by atoms with Crippen molar-refractivity contribution in [3.63, 3.8) is 0 Å². The van der Waals surface area contributed by atoms with Crippen LogP contribution >= 0.6 is 0 Å². The third-order valence-electron chi connectivity index (χ3n) is 5.10. The van der Waals surface area contributed by atoms with Gasteiger partial charge in [0.25, 0.3) is 5.91 Å². The molecule has 4 rings (SSSR count). The number of nitrogens with one attached hydrogen (secondary N) is 1. The molecule has 0 saturated carbocycles. The number of carbonyl (C=O) groups excluding carboxylic acids is 1. The second-order valence-electron chi connectivity index (χ2n) is 7.17. The highest BCUT2D eigenvalue weighted by atomic mass is 16.5. The number of amides is 1. The number of ether oxygens (including phenoxy) is 1. The smallest absolute Gasteiger partial charge is 0.270 e. The van der Waals surface area contributed by atoms with Crippen LogP contribution in [0.5, 0.6) is 11.5 Å². The number of carbonyl (C=O) groups is 1. The second kappa shape index (κ2) is 7.38. The van der Waals surface area contributed by atoms with Crippen molar-refractivity contribution in [3.05, 3.63) is 70.0 Å². The number of fused-ring (bicyclic) bond motifs is 1. The molecule has 1 amide bonds. The molecule has 1 aliphatic heterocycles. The maximum atomic E-state index is 12.8. The van der Waals surface area contributed by atoms with E-state index < -0.39 is 0 Å². The number of rotatable bonds is 3. The van der Waals surface area contributed by atoms with Crippen LogP contribution in [-0.2, 0) is 0 Å². The largest absolute Gasteiger partial charge is 0.504 e. The van der Waals surface area contributed by atoms with Crippen LogP contribution in [0.25, 0.3) is 10.9 Å². The van der Waals surface area contributed by atoms with Crippen LogP contribution in [-0.4, -0.2) is 40.1 Å². The highest BCUT2D eigenvalue weighted by Crippen LogP contribution is 2.29. The fourth-order valence-corrected chi connectivity index (χ4v) is 3.57. The van der Waals surface area contributed by atoms with Crippen molar-refractivity contribution in [3.8, 4) is 11.5 Å². The predicted octanol–water partition coefficient (Wildman–Crippen LogP) is 3.23. The van der Waals surface area contributed by atoms with Gasteiger partial charge in [0.2, 0.25) is 0 Å². The molecule has 1 saturated heterocycles. The molecule has 0 aliphatic carbocycles. The number of aromatic hydroxyl groups is 1. The number of hydrogen-bond acceptors (Lipinski definition) is 4. The normalized spacial score (nSPS) is 15.0. The number of benzene rings is 2. The van der Waals surface area contributed by atoms with Gasteiger partial charge in [0.15, 0.2) is 16.9 Å². The summed E-state index contributed by atoms with van der Waals surface area (Å²) in [4.78, 5) is 29.9. The molecule has 1 aliphatic rings. The van der Waals surface area contributed by atoms with E-state index in [0.717, 1.165) is 5.56 Å². The van der Waals surface area contributed by atoms with E-state index in [9.17, 15) is 14.7 Å². The maximum absolute atomic E-state index is 12.8. The Hall–Kier alpha value is -3.28.